The Labute approximate surface area is 80.0 Å². The molecule has 0 amide bonds. The Morgan fingerprint density at radius 3 is 2.92 bits per heavy atom. The highest BCUT2D eigenvalue weighted by Crippen LogP contribution is 2.25. The minimum Gasteiger partial charge on any atom is -0.321 e. The van der Waals surface area contributed by atoms with Gasteiger partial charge in [-0.15, -0.1) is 0 Å². The fourth-order valence-electron chi connectivity index (χ4n) is 1.18. The maximum absolute atomic E-state index is 4.04. The molecule has 0 N–H and O–H groups in total. The van der Waals surface area contributed by atoms with Crippen LogP contribution in [0, 0.1) is 0 Å². The molecule has 0 unspecified atom stereocenters. The van der Waals surface area contributed by atoms with Crippen LogP contribution in [-0.2, 0) is 0 Å². The van der Waals surface area contributed by atoms with Crippen molar-refractivity contribution in [2.75, 3.05) is 18.0 Å². The predicted octanol–water partition coefficient (Wildman–Crippen LogP) is 2.17. The molecule has 2 nitrogen and oxygen atoms in total. The number of aliphatic imine (C=N–C) groups is 1. The molecule has 1 aliphatic rings. The van der Waals surface area contributed by atoms with Gasteiger partial charge in [-0.3, -0.25) is 4.99 Å². The lowest BCUT2D eigenvalue weighted by atomic mass is 10.3. The zero-order chi connectivity index (χ0) is 8.39. The van der Waals surface area contributed by atoms with E-state index in [9.17, 15) is 0 Å². The zero-order valence-electron chi connectivity index (χ0n) is 6.50. The van der Waals surface area contributed by atoms with Crippen molar-refractivity contribution in [2.24, 2.45) is 4.99 Å². The van der Waals surface area contributed by atoms with Gasteiger partial charge < -0.3 is 4.90 Å². The third-order valence-corrected chi connectivity index (χ3v) is 2.44. The van der Waals surface area contributed by atoms with Crippen molar-refractivity contribution >= 4 is 28.0 Å². The Bertz CT molecular complexity index is 309. The van der Waals surface area contributed by atoms with E-state index in [2.05, 4.69) is 33.3 Å². The van der Waals surface area contributed by atoms with E-state index in [0.717, 1.165) is 23.2 Å². The molecule has 2 rings (SSSR count). The molecule has 0 aromatic heterocycles. The molecule has 1 radical (unpaired) electrons. The molecule has 0 bridgehead atoms. The summed E-state index contributed by atoms with van der Waals surface area (Å²) in [7, 11) is 0. The normalized spacial score (nSPS) is 15.6. The van der Waals surface area contributed by atoms with Crippen LogP contribution in [0.25, 0.3) is 0 Å². The number of rotatable bonds is 1. The Morgan fingerprint density at radius 2 is 2.25 bits per heavy atom. The molecular formula is C9H8BrN2. The number of nitrogens with zero attached hydrogens (tertiary/aromatic N) is 2. The Hall–Kier alpha value is -0.830. The van der Waals surface area contributed by atoms with Crippen molar-refractivity contribution < 1.29 is 0 Å². The second-order valence-corrected chi connectivity index (χ2v) is 3.44. The largest absolute Gasteiger partial charge is 0.321 e. The second kappa shape index (κ2) is 3.27. The van der Waals surface area contributed by atoms with Crippen molar-refractivity contribution in [3.05, 3.63) is 28.7 Å². The molecule has 0 aliphatic carbocycles. The topological polar surface area (TPSA) is 15.6 Å². The van der Waals surface area contributed by atoms with Gasteiger partial charge in [-0.05, 0) is 28.1 Å². The van der Waals surface area contributed by atoms with Crippen LogP contribution >= 0.6 is 15.9 Å². The number of halogens is 1. The van der Waals surface area contributed by atoms with Gasteiger partial charge in [0, 0.05) is 11.0 Å². The van der Waals surface area contributed by atoms with Crippen LogP contribution in [0.3, 0.4) is 0 Å². The molecule has 0 saturated carbocycles. The molecule has 1 aromatic rings. The molecule has 1 aliphatic heterocycles. The van der Waals surface area contributed by atoms with E-state index in [0.29, 0.717) is 0 Å². The second-order valence-electron chi connectivity index (χ2n) is 2.58. The highest BCUT2D eigenvalue weighted by atomic mass is 79.9. The van der Waals surface area contributed by atoms with Gasteiger partial charge in [0.25, 0.3) is 0 Å². The number of hydrogen-bond donors (Lipinski definition) is 0. The average molecular weight is 224 g/mol. The zero-order valence-corrected chi connectivity index (χ0v) is 8.08. The Kier molecular flexibility index (Phi) is 2.13. The molecule has 0 atom stereocenters. The lowest BCUT2D eigenvalue weighted by Gasteiger charge is -2.14. The molecule has 3 heteroatoms. The lowest BCUT2D eigenvalue weighted by molar-refractivity contribution is 1.02. The molecule has 61 valence electrons. The van der Waals surface area contributed by atoms with Gasteiger partial charge in [0.15, 0.2) is 6.34 Å². The summed E-state index contributed by atoms with van der Waals surface area (Å²) in [6.45, 7) is 1.78. The SMILES string of the molecule is Brc1ccccc1N1[C]=NCC1. The molecular weight excluding hydrogens is 216 g/mol. The van der Waals surface area contributed by atoms with E-state index in [1.165, 1.54) is 0 Å². The first kappa shape index (κ1) is 7.80. The third kappa shape index (κ3) is 1.37. The van der Waals surface area contributed by atoms with E-state index in [-0.39, 0.29) is 0 Å². The molecule has 0 saturated heterocycles. The van der Waals surface area contributed by atoms with Crippen LogP contribution in [0.2, 0.25) is 0 Å². The fraction of sp³-hybridized carbons (Fsp3) is 0.222. The van der Waals surface area contributed by atoms with E-state index in [1.807, 2.05) is 23.1 Å². The lowest BCUT2D eigenvalue weighted by Crippen LogP contribution is -2.18. The fourth-order valence-corrected chi connectivity index (χ4v) is 1.68. The van der Waals surface area contributed by atoms with Gasteiger partial charge in [0.05, 0.1) is 12.2 Å². The number of hydrogen-bond acceptors (Lipinski definition) is 2. The molecule has 12 heavy (non-hydrogen) atoms. The van der Waals surface area contributed by atoms with Gasteiger partial charge >= 0.3 is 0 Å². The number of benzene rings is 1. The van der Waals surface area contributed by atoms with Crippen LogP contribution in [0.1, 0.15) is 0 Å². The summed E-state index contributed by atoms with van der Waals surface area (Å²) in [6.07, 6.45) is 2.94. The van der Waals surface area contributed by atoms with E-state index < -0.39 is 0 Å². The summed E-state index contributed by atoms with van der Waals surface area (Å²) in [6, 6.07) is 8.09. The van der Waals surface area contributed by atoms with Crippen LogP contribution in [0.15, 0.2) is 33.7 Å². The van der Waals surface area contributed by atoms with Crippen molar-refractivity contribution in [3.63, 3.8) is 0 Å². The van der Waals surface area contributed by atoms with E-state index >= 15 is 0 Å². The summed E-state index contributed by atoms with van der Waals surface area (Å²) in [4.78, 5) is 6.06. The average Bonchev–Trinajstić information content (AvgIpc) is 2.57. The maximum atomic E-state index is 4.04. The van der Waals surface area contributed by atoms with Crippen molar-refractivity contribution in [1.82, 2.24) is 0 Å². The smallest absolute Gasteiger partial charge is 0.172 e. The standard InChI is InChI=1S/C9H8BrN2/c10-8-3-1-2-4-9(8)12-6-5-11-7-12/h1-4H,5-6H2. The monoisotopic (exact) mass is 223 g/mol. The highest BCUT2D eigenvalue weighted by Gasteiger charge is 2.10. The van der Waals surface area contributed by atoms with Crippen LogP contribution in [-0.4, -0.2) is 19.4 Å². The quantitative estimate of drug-likeness (QED) is 0.713. The summed E-state index contributed by atoms with van der Waals surface area (Å²) in [5, 5.41) is 0. The van der Waals surface area contributed by atoms with E-state index in [1.54, 1.807) is 0 Å². The van der Waals surface area contributed by atoms with Crippen molar-refractivity contribution in [2.45, 2.75) is 0 Å². The molecule has 0 fully saturated rings. The van der Waals surface area contributed by atoms with E-state index in [4.69, 9.17) is 0 Å². The van der Waals surface area contributed by atoms with Gasteiger partial charge in [0.2, 0.25) is 0 Å². The minimum absolute atomic E-state index is 0.849. The van der Waals surface area contributed by atoms with Gasteiger partial charge in [-0.25, -0.2) is 0 Å². The number of para-hydroxylation sites is 1. The first-order valence-corrected chi connectivity index (χ1v) is 4.61. The van der Waals surface area contributed by atoms with Crippen molar-refractivity contribution in [1.29, 1.82) is 0 Å². The molecule has 1 aromatic carbocycles. The first-order chi connectivity index (χ1) is 5.88. The minimum atomic E-state index is 0.849. The van der Waals surface area contributed by atoms with Crippen molar-refractivity contribution in [3.8, 4) is 0 Å². The molecule has 1 heterocycles. The van der Waals surface area contributed by atoms with Gasteiger partial charge in [0.1, 0.15) is 0 Å². The third-order valence-electron chi connectivity index (χ3n) is 1.77. The van der Waals surface area contributed by atoms with Crippen LogP contribution in [0.4, 0.5) is 5.69 Å². The summed E-state index contributed by atoms with van der Waals surface area (Å²) >= 11 is 3.48. The van der Waals surface area contributed by atoms with Gasteiger partial charge in [-0.2, -0.15) is 0 Å². The van der Waals surface area contributed by atoms with Crippen LogP contribution < -0.4 is 4.90 Å². The Morgan fingerprint density at radius 1 is 1.42 bits per heavy atom. The highest BCUT2D eigenvalue weighted by molar-refractivity contribution is 9.10. The summed E-state index contributed by atoms with van der Waals surface area (Å²) < 4.78 is 1.09. The summed E-state index contributed by atoms with van der Waals surface area (Å²) in [5.41, 5.74) is 1.14. The number of anilines is 1. The summed E-state index contributed by atoms with van der Waals surface area (Å²) in [5.74, 6) is 0. The first-order valence-electron chi connectivity index (χ1n) is 3.82. The molecule has 0 spiro atoms. The Balaban J connectivity index is 2.33. The maximum Gasteiger partial charge on any atom is 0.172 e. The predicted molar refractivity (Wildman–Crippen MR) is 53.8 cm³/mol. The van der Waals surface area contributed by atoms with Crippen LogP contribution in [0.5, 0.6) is 0 Å². The van der Waals surface area contributed by atoms with Gasteiger partial charge in [-0.1, -0.05) is 12.1 Å².